The van der Waals surface area contributed by atoms with Crippen LogP contribution in [0.4, 0.5) is 0 Å². The molecule has 1 atom stereocenters. The molecule has 2 aliphatic rings. The average Bonchev–Trinajstić information content (AvgIpc) is 2.36. The van der Waals surface area contributed by atoms with Gasteiger partial charge in [-0.2, -0.15) is 0 Å². The highest BCUT2D eigenvalue weighted by Crippen LogP contribution is 2.43. The Morgan fingerprint density at radius 1 is 1.17 bits per heavy atom. The first-order valence-electron chi connectivity index (χ1n) is 4.80. The molecule has 3 heteroatoms. The number of nitrogens with one attached hydrogen (secondary N) is 1. The highest BCUT2D eigenvalue weighted by molar-refractivity contribution is 5.85. The molecule has 0 amide bonds. The summed E-state index contributed by atoms with van der Waals surface area (Å²) in [5.41, 5.74) is 6.66. The zero-order chi connectivity index (χ0) is 7.73. The topological polar surface area (TPSA) is 38.0 Å². The molecule has 1 aliphatic carbocycles. The minimum Gasteiger partial charge on any atom is -0.327 e. The van der Waals surface area contributed by atoms with Gasteiger partial charge in [-0.1, -0.05) is 6.42 Å². The molecule has 0 aromatic heterocycles. The molecule has 0 radical (unpaired) electrons. The van der Waals surface area contributed by atoms with Crippen LogP contribution in [0, 0.1) is 5.41 Å². The first-order valence-corrected chi connectivity index (χ1v) is 4.80. The van der Waals surface area contributed by atoms with Gasteiger partial charge in [-0.3, -0.25) is 0 Å². The predicted octanol–water partition coefficient (Wildman–Crippen LogP) is 1.29. The molecule has 0 bridgehead atoms. The number of hydrogen-bond acceptors (Lipinski definition) is 2. The summed E-state index contributed by atoms with van der Waals surface area (Å²) in [4.78, 5) is 0. The lowest BCUT2D eigenvalue weighted by Crippen LogP contribution is -2.45. The van der Waals surface area contributed by atoms with Gasteiger partial charge in [0.2, 0.25) is 0 Å². The summed E-state index contributed by atoms with van der Waals surface area (Å²) in [6.07, 6.45) is 6.64. The Kier molecular flexibility index (Phi) is 3.38. The van der Waals surface area contributed by atoms with Crippen molar-refractivity contribution in [1.29, 1.82) is 0 Å². The summed E-state index contributed by atoms with van der Waals surface area (Å²) < 4.78 is 0. The molecule has 1 aliphatic heterocycles. The number of halogens is 1. The highest BCUT2D eigenvalue weighted by Gasteiger charge is 2.40. The van der Waals surface area contributed by atoms with Crippen molar-refractivity contribution >= 4 is 12.4 Å². The molecule has 1 saturated heterocycles. The van der Waals surface area contributed by atoms with Gasteiger partial charge < -0.3 is 11.1 Å². The quantitative estimate of drug-likeness (QED) is 0.604. The third-order valence-electron chi connectivity index (χ3n) is 3.58. The molecular formula is C9H19ClN2. The van der Waals surface area contributed by atoms with E-state index in [1.807, 2.05) is 0 Å². The Morgan fingerprint density at radius 2 is 1.83 bits per heavy atom. The summed E-state index contributed by atoms with van der Waals surface area (Å²) in [5.74, 6) is 0. The van der Waals surface area contributed by atoms with E-state index < -0.39 is 0 Å². The fraction of sp³-hybridized carbons (Fsp3) is 1.00. The lowest BCUT2D eigenvalue weighted by atomic mass is 9.75. The van der Waals surface area contributed by atoms with Crippen LogP contribution >= 0.6 is 12.4 Å². The van der Waals surface area contributed by atoms with Gasteiger partial charge in [0.05, 0.1) is 0 Å². The van der Waals surface area contributed by atoms with E-state index in [1.54, 1.807) is 0 Å². The maximum atomic E-state index is 6.12. The third-order valence-corrected chi connectivity index (χ3v) is 3.58. The number of hydrogen-bond donors (Lipinski definition) is 2. The van der Waals surface area contributed by atoms with Gasteiger partial charge in [-0.15, -0.1) is 12.4 Å². The lowest BCUT2D eigenvalue weighted by molar-refractivity contribution is 0.183. The van der Waals surface area contributed by atoms with Gasteiger partial charge in [0, 0.05) is 6.04 Å². The standard InChI is InChI=1S/C9H18N2.ClH/c10-8-2-1-3-9(8)4-6-11-7-5-9;/h8,11H,1-7,10H2;1H/t8-;/m1./s1. The van der Waals surface area contributed by atoms with Crippen LogP contribution in [0.3, 0.4) is 0 Å². The van der Waals surface area contributed by atoms with Crippen molar-refractivity contribution < 1.29 is 0 Å². The van der Waals surface area contributed by atoms with E-state index in [4.69, 9.17) is 5.73 Å². The molecule has 2 rings (SSSR count). The number of rotatable bonds is 0. The Morgan fingerprint density at radius 3 is 2.33 bits per heavy atom. The van der Waals surface area contributed by atoms with Gasteiger partial charge >= 0.3 is 0 Å². The van der Waals surface area contributed by atoms with Crippen molar-refractivity contribution in [2.45, 2.75) is 38.1 Å². The molecule has 72 valence electrons. The Hall–Kier alpha value is 0.210. The minimum absolute atomic E-state index is 0. The SMILES string of the molecule is Cl.N[C@@H]1CCCC12CCNCC2. The normalized spacial score (nSPS) is 33.2. The van der Waals surface area contributed by atoms with Gasteiger partial charge in [0.1, 0.15) is 0 Å². The fourth-order valence-electron chi connectivity index (χ4n) is 2.71. The van der Waals surface area contributed by atoms with Crippen LogP contribution in [0.2, 0.25) is 0 Å². The predicted molar refractivity (Wildman–Crippen MR) is 53.6 cm³/mol. The molecule has 1 spiro atoms. The monoisotopic (exact) mass is 190 g/mol. The summed E-state index contributed by atoms with van der Waals surface area (Å²) >= 11 is 0. The second-order valence-electron chi connectivity index (χ2n) is 4.11. The maximum Gasteiger partial charge on any atom is 0.00965 e. The molecule has 1 heterocycles. The van der Waals surface area contributed by atoms with Crippen molar-refractivity contribution in [2.24, 2.45) is 11.1 Å². The van der Waals surface area contributed by atoms with E-state index in [0.29, 0.717) is 11.5 Å². The van der Waals surface area contributed by atoms with Crippen molar-refractivity contribution in [1.82, 2.24) is 5.32 Å². The summed E-state index contributed by atoms with van der Waals surface area (Å²) in [5, 5.41) is 3.40. The lowest BCUT2D eigenvalue weighted by Gasteiger charge is -2.37. The largest absolute Gasteiger partial charge is 0.327 e. The van der Waals surface area contributed by atoms with E-state index in [0.717, 1.165) is 0 Å². The van der Waals surface area contributed by atoms with E-state index >= 15 is 0 Å². The Labute approximate surface area is 80.7 Å². The molecule has 0 aromatic rings. The first kappa shape index (κ1) is 10.3. The second kappa shape index (κ2) is 3.95. The molecular weight excluding hydrogens is 172 g/mol. The van der Waals surface area contributed by atoms with Crippen LogP contribution in [0.15, 0.2) is 0 Å². The molecule has 1 saturated carbocycles. The van der Waals surface area contributed by atoms with Crippen LogP contribution in [-0.2, 0) is 0 Å². The van der Waals surface area contributed by atoms with E-state index in [1.165, 1.54) is 45.2 Å². The summed E-state index contributed by atoms with van der Waals surface area (Å²) in [6, 6.07) is 0.504. The first-order chi connectivity index (χ1) is 5.33. The average molecular weight is 191 g/mol. The molecule has 0 aromatic carbocycles. The highest BCUT2D eigenvalue weighted by atomic mass is 35.5. The van der Waals surface area contributed by atoms with E-state index in [2.05, 4.69) is 5.32 Å². The maximum absolute atomic E-state index is 6.12. The zero-order valence-corrected chi connectivity index (χ0v) is 8.33. The van der Waals surface area contributed by atoms with Crippen LogP contribution < -0.4 is 11.1 Å². The number of piperidine rings is 1. The van der Waals surface area contributed by atoms with Crippen LogP contribution in [0.5, 0.6) is 0 Å². The fourth-order valence-corrected chi connectivity index (χ4v) is 2.71. The molecule has 12 heavy (non-hydrogen) atoms. The summed E-state index contributed by atoms with van der Waals surface area (Å²) in [6.45, 7) is 2.38. The van der Waals surface area contributed by atoms with Gasteiger partial charge in [0.15, 0.2) is 0 Å². The van der Waals surface area contributed by atoms with Crippen LogP contribution in [0.1, 0.15) is 32.1 Å². The van der Waals surface area contributed by atoms with Crippen molar-refractivity contribution in [3.8, 4) is 0 Å². The Bertz CT molecular complexity index is 143. The van der Waals surface area contributed by atoms with E-state index in [9.17, 15) is 0 Å². The molecule has 0 unspecified atom stereocenters. The van der Waals surface area contributed by atoms with Crippen molar-refractivity contribution in [3.05, 3.63) is 0 Å². The summed E-state index contributed by atoms with van der Waals surface area (Å²) in [7, 11) is 0. The van der Waals surface area contributed by atoms with Crippen molar-refractivity contribution in [2.75, 3.05) is 13.1 Å². The molecule has 2 nitrogen and oxygen atoms in total. The zero-order valence-electron chi connectivity index (χ0n) is 7.51. The number of nitrogens with two attached hydrogens (primary N) is 1. The second-order valence-corrected chi connectivity index (χ2v) is 4.11. The molecule has 2 fully saturated rings. The van der Waals surface area contributed by atoms with Gasteiger partial charge in [0.25, 0.3) is 0 Å². The van der Waals surface area contributed by atoms with Gasteiger partial charge in [-0.25, -0.2) is 0 Å². The smallest absolute Gasteiger partial charge is 0.00965 e. The molecule has 3 N–H and O–H groups in total. The third kappa shape index (κ3) is 1.61. The van der Waals surface area contributed by atoms with E-state index in [-0.39, 0.29) is 12.4 Å². The van der Waals surface area contributed by atoms with Crippen LogP contribution in [0.25, 0.3) is 0 Å². The minimum atomic E-state index is 0. The van der Waals surface area contributed by atoms with Crippen LogP contribution in [-0.4, -0.2) is 19.1 Å². The van der Waals surface area contributed by atoms with Gasteiger partial charge in [-0.05, 0) is 44.2 Å². The van der Waals surface area contributed by atoms with Crippen molar-refractivity contribution in [3.63, 3.8) is 0 Å². The Balaban J connectivity index is 0.000000720.